The Morgan fingerprint density at radius 2 is 1.70 bits per heavy atom. The lowest BCUT2D eigenvalue weighted by molar-refractivity contribution is 0.628. The molecule has 2 aromatic heterocycles. The highest BCUT2D eigenvalue weighted by atomic mass is 32.1. The van der Waals surface area contributed by atoms with Gasteiger partial charge in [-0.2, -0.15) is 10.4 Å². The van der Waals surface area contributed by atoms with Crippen LogP contribution in [0.2, 0.25) is 0 Å². The number of hydrogen-bond acceptors (Lipinski definition) is 5. The van der Waals surface area contributed by atoms with Crippen LogP contribution in [0.15, 0.2) is 99.1 Å². The molecule has 5 rings (SSSR count). The highest BCUT2D eigenvalue weighted by Crippen LogP contribution is 2.22. The number of benzene rings is 3. The van der Waals surface area contributed by atoms with Crippen molar-refractivity contribution in [1.82, 2.24) is 14.0 Å². The summed E-state index contributed by atoms with van der Waals surface area (Å²) in [6, 6.07) is 24.6. The zero-order valence-electron chi connectivity index (χ0n) is 20.0. The van der Waals surface area contributed by atoms with Gasteiger partial charge in [0.05, 0.1) is 34.9 Å². The molecular weight excluding hydrogens is 487 g/mol. The second-order valence-corrected chi connectivity index (χ2v) is 9.06. The van der Waals surface area contributed by atoms with E-state index in [4.69, 9.17) is 10.3 Å². The van der Waals surface area contributed by atoms with Crippen molar-refractivity contribution in [1.29, 1.82) is 5.26 Å². The molecule has 0 aliphatic rings. The van der Waals surface area contributed by atoms with E-state index in [-0.39, 0.29) is 11.4 Å². The fraction of sp³-hybridized carbons (Fsp3) is 0.0714. The summed E-state index contributed by atoms with van der Waals surface area (Å²) in [4.78, 5) is 18.6. The molecule has 37 heavy (non-hydrogen) atoms. The van der Waals surface area contributed by atoms with Crippen LogP contribution in [0.1, 0.15) is 16.8 Å². The number of nitriles is 1. The number of para-hydroxylation sites is 1. The Morgan fingerprint density at radius 1 is 1.00 bits per heavy atom. The highest BCUT2D eigenvalue weighted by molar-refractivity contribution is 7.07. The molecule has 0 atom stereocenters. The van der Waals surface area contributed by atoms with Crippen LogP contribution in [-0.2, 0) is 7.05 Å². The number of nitrogens with zero attached hydrogens (tertiary/aromatic N) is 6. The van der Waals surface area contributed by atoms with E-state index in [2.05, 4.69) is 11.2 Å². The normalized spacial score (nSPS) is 11.8. The Morgan fingerprint density at radius 3 is 2.38 bits per heavy atom. The number of aromatic nitrogens is 3. The Balaban J connectivity index is 1.67. The average Bonchev–Trinajstić information content (AvgIpc) is 3.42. The summed E-state index contributed by atoms with van der Waals surface area (Å²) in [5.41, 5.74) is 4.30. The second-order valence-electron chi connectivity index (χ2n) is 8.22. The van der Waals surface area contributed by atoms with E-state index in [0.717, 1.165) is 16.8 Å². The highest BCUT2D eigenvalue weighted by Gasteiger charge is 2.17. The maximum atomic E-state index is 13.6. The number of halogens is 1. The molecule has 0 spiro atoms. The van der Waals surface area contributed by atoms with Crippen molar-refractivity contribution in [2.45, 2.75) is 6.92 Å². The van der Waals surface area contributed by atoms with Gasteiger partial charge in [-0.3, -0.25) is 9.48 Å². The molecule has 9 heteroatoms. The summed E-state index contributed by atoms with van der Waals surface area (Å²) >= 11 is 1.33. The lowest BCUT2D eigenvalue weighted by Crippen LogP contribution is -2.19. The van der Waals surface area contributed by atoms with E-state index >= 15 is 0 Å². The zero-order chi connectivity index (χ0) is 25.9. The van der Waals surface area contributed by atoms with Crippen molar-refractivity contribution >= 4 is 23.2 Å². The molecule has 0 N–H and O–H groups in total. The standard InChI is InChI=1S/C28H21FN6OS/c1-19-26(27(36)35(33(19)2)24-6-4-3-5-7-24)32-28-34(31-17-21-10-8-20(16-30)9-11-21)25(18-37-28)22-12-14-23(29)15-13-22/h3-15,17-18H,1-2H3/b31-17-,32-28?. The van der Waals surface area contributed by atoms with E-state index in [1.54, 1.807) is 56.7 Å². The van der Waals surface area contributed by atoms with Crippen LogP contribution < -0.4 is 10.4 Å². The van der Waals surface area contributed by atoms with Gasteiger partial charge in [0.15, 0.2) is 5.69 Å². The Kier molecular flexibility index (Phi) is 6.49. The van der Waals surface area contributed by atoms with Gasteiger partial charge in [-0.15, -0.1) is 11.3 Å². The van der Waals surface area contributed by atoms with E-state index < -0.39 is 0 Å². The van der Waals surface area contributed by atoms with Crippen LogP contribution in [0.4, 0.5) is 10.1 Å². The first-order chi connectivity index (χ1) is 18.0. The summed E-state index contributed by atoms with van der Waals surface area (Å²) in [6.07, 6.45) is 1.65. The van der Waals surface area contributed by atoms with Gasteiger partial charge >= 0.3 is 0 Å². The average molecular weight is 509 g/mol. The molecule has 0 radical (unpaired) electrons. The van der Waals surface area contributed by atoms with Crippen molar-refractivity contribution < 1.29 is 4.39 Å². The fourth-order valence-corrected chi connectivity index (χ4v) is 4.70. The topological polar surface area (TPSA) is 80.4 Å². The summed E-state index contributed by atoms with van der Waals surface area (Å²) in [5, 5.41) is 15.6. The molecule has 0 fully saturated rings. The fourth-order valence-electron chi connectivity index (χ4n) is 3.85. The summed E-state index contributed by atoms with van der Waals surface area (Å²) in [5.74, 6) is -0.335. The summed E-state index contributed by atoms with van der Waals surface area (Å²) < 4.78 is 18.6. The van der Waals surface area contributed by atoms with Crippen LogP contribution in [-0.4, -0.2) is 20.3 Å². The van der Waals surface area contributed by atoms with Crippen LogP contribution >= 0.6 is 11.3 Å². The Hall–Kier alpha value is -4.81. The third-order valence-corrected chi connectivity index (χ3v) is 6.73. The lowest BCUT2D eigenvalue weighted by atomic mass is 10.2. The molecule has 0 amide bonds. The Labute approximate surface area is 215 Å². The van der Waals surface area contributed by atoms with Crippen molar-refractivity contribution in [2.75, 3.05) is 0 Å². The van der Waals surface area contributed by atoms with Gasteiger partial charge in [-0.1, -0.05) is 30.3 Å². The van der Waals surface area contributed by atoms with Gasteiger partial charge < -0.3 is 0 Å². The molecule has 0 bridgehead atoms. The minimum Gasteiger partial charge on any atom is -0.283 e. The quantitative estimate of drug-likeness (QED) is 0.308. The van der Waals surface area contributed by atoms with Gasteiger partial charge in [-0.25, -0.2) is 18.7 Å². The minimum absolute atomic E-state index is 0.245. The van der Waals surface area contributed by atoms with Gasteiger partial charge in [0.2, 0.25) is 4.80 Å². The summed E-state index contributed by atoms with van der Waals surface area (Å²) in [6.45, 7) is 1.85. The van der Waals surface area contributed by atoms with Crippen molar-refractivity contribution in [3.63, 3.8) is 0 Å². The van der Waals surface area contributed by atoms with Crippen LogP contribution in [0, 0.1) is 24.1 Å². The number of rotatable bonds is 5. The summed E-state index contributed by atoms with van der Waals surface area (Å²) in [7, 11) is 1.82. The predicted molar refractivity (Wildman–Crippen MR) is 143 cm³/mol. The largest absolute Gasteiger partial charge is 0.297 e. The van der Waals surface area contributed by atoms with Gasteiger partial charge in [0.25, 0.3) is 5.56 Å². The molecule has 2 heterocycles. The molecule has 182 valence electrons. The van der Waals surface area contributed by atoms with Crippen LogP contribution in [0.25, 0.3) is 16.9 Å². The van der Waals surface area contributed by atoms with E-state index in [1.165, 1.54) is 23.5 Å². The van der Waals surface area contributed by atoms with Crippen molar-refractivity contribution in [3.8, 4) is 23.0 Å². The first-order valence-corrected chi connectivity index (χ1v) is 12.2. The molecule has 0 saturated carbocycles. The molecule has 3 aromatic carbocycles. The second kappa shape index (κ2) is 10.0. The van der Waals surface area contributed by atoms with Crippen LogP contribution in [0.3, 0.4) is 0 Å². The molecule has 0 unspecified atom stereocenters. The third-order valence-electron chi connectivity index (χ3n) is 5.92. The lowest BCUT2D eigenvalue weighted by Gasteiger charge is -2.07. The van der Waals surface area contributed by atoms with Gasteiger partial charge in [-0.05, 0) is 61.0 Å². The molecule has 5 aromatic rings. The van der Waals surface area contributed by atoms with Gasteiger partial charge in [0.1, 0.15) is 5.82 Å². The Bertz CT molecular complexity index is 1770. The smallest absolute Gasteiger partial charge is 0.283 e. The maximum absolute atomic E-state index is 13.6. The van der Waals surface area contributed by atoms with Crippen molar-refractivity contribution in [2.24, 2.45) is 17.1 Å². The number of hydrogen-bond donors (Lipinski definition) is 0. The molecule has 0 saturated heterocycles. The predicted octanol–water partition coefficient (Wildman–Crippen LogP) is 5.14. The SMILES string of the molecule is Cc1c(N=c2scc(-c3ccc(F)cc3)n2/N=C\c2ccc(C#N)cc2)c(=O)n(-c2ccccc2)n1C. The van der Waals surface area contributed by atoms with E-state index in [9.17, 15) is 9.18 Å². The van der Waals surface area contributed by atoms with Gasteiger partial charge in [0, 0.05) is 18.0 Å². The minimum atomic E-state index is -0.335. The maximum Gasteiger partial charge on any atom is 0.297 e. The first-order valence-electron chi connectivity index (χ1n) is 11.4. The number of thiazole rings is 1. The molecule has 0 aliphatic carbocycles. The third kappa shape index (κ3) is 4.70. The van der Waals surface area contributed by atoms with Crippen molar-refractivity contribution in [3.05, 3.63) is 122 Å². The molecular formula is C28H21FN6OS. The zero-order valence-corrected chi connectivity index (χ0v) is 20.9. The van der Waals surface area contributed by atoms with Crippen LogP contribution in [0.5, 0.6) is 0 Å². The van der Waals surface area contributed by atoms with E-state index in [0.29, 0.717) is 27.4 Å². The molecule has 0 aliphatic heterocycles. The monoisotopic (exact) mass is 508 g/mol. The van der Waals surface area contributed by atoms with E-state index in [1.807, 2.05) is 49.7 Å². The molecule has 7 nitrogen and oxygen atoms in total. The first kappa shape index (κ1) is 23.9.